The summed E-state index contributed by atoms with van der Waals surface area (Å²) in [5.41, 5.74) is 0.318. The topological polar surface area (TPSA) is 129 Å². The first-order valence-corrected chi connectivity index (χ1v) is 8.42. The van der Waals surface area contributed by atoms with Gasteiger partial charge in [-0.15, -0.1) is 11.3 Å². The molecule has 2 rings (SSSR count). The Morgan fingerprint density at radius 1 is 1.48 bits per heavy atom. The summed E-state index contributed by atoms with van der Waals surface area (Å²) in [7, 11) is 0. The summed E-state index contributed by atoms with van der Waals surface area (Å²) in [6.45, 7) is 3.78. The molecule has 134 valence electrons. The Hall–Kier alpha value is -2.82. The standard InChI is InChI=1S/C14H17N5O5S/c1-3-11(18-7-10(6-15-18)19(22)23)13(21)17-14-16-9(8-25-14)5-12(20)24-4-2/h6-8,11H,3-5H2,1-2H3,(H,16,17,21). The van der Waals surface area contributed by atoms with Gasteiger partial charge in [-0.1, -0.05) is 6.92 Å². The first kappa shape index (κ1) is 18.5. The van der Waals surface area contributed by atoms with Crippen LogP contribution in [0.25, 0.3) is 0 Å². The number of ether oxygens (including phenoxy) is 1. The Morgan fingerprint density at radius 3 is 2.84 bits per heavy atom. The van der Waals surface area contributed by atoms with Crippen molar-refractivity contribution in [2.24, 2.45) is 0 Å². The Labute approximate surface area is 147 Å². The number of aromatic nitrogens is 3. The number of hydrogen-bond acceptors (Lipinski definition) is 8. The number of thiazole rings is 1. The third-order valence-corrected chi connectivity index (χ3v) is 4.03. The molecule has 2 heterocycles. The van der Waals surface area contributed by atoms with E-state index in [4.69, 9.17) is 4.74 Å². The highest BCUT2D eigenvalue weighted by Crippen LogP contribution is 2.21. The zero-order valence-corrected chi connectivity index (χ0v) is 14.5. The van der Waals surface area contributed by atoms with E-state index in [0.717, 1.165) is 6.20 Å². The van der Waals surface area contributed by atoms with Crippen LogP contribution in [0.5, 0.6) is 0 Å². The molecule has 0 spiro atoms. The predicted molar refractivity (Wildman–Crippen MR) is 89.3 cm³/mol. The van der Waals surface area contributed by atoms with Crippen molar-refractivity contribution < 1.29 is 19.2 Å². The fourth-order valence-corrected chi connectivity index (χ4v) is 2.79. The summed E-state index contributed by atoms with van der Waals surface area (Å²) in [5.74, 6) is -0.779. The molecular weight excluding hydrogens is 350 g/mol. The first-order valence-electron chi connectivity index (χ1n) is 7.54. The van der Waals surface area contributed by atoms with E-state index in [2.05, 4.69) is 15.4 Å². The van der Waals surface area contributed by atoms with Crippen molar-refractivity contribution in [3.05, 3.63) is 33.6 Å². The summed E-state index contributed by atoms with van der Waals surface area (Å²) in [5, 5.41) is 19.2. The van der Waals surface area contributed by atoms with Gasteiger partial charge in [0.05, 0.1) is 23.6 Å². The minimum absolute atomic E-state index is 0.0305. The van der Waals surface area contributed by atoms with Gasteiger partial charge < -0.3 is 10.1 Å². The molecule has 0 saturated heterocycles. The minimum Gasteiger partial charge on any atom is -0.466 e. The summed E-state index contributed by atoms with van der Waals surface area (Å²) < 4.78 is 6.09. The van der Waals surface area contributed by atoms with Crippen LogP contribution < -0.4 is 5.32 Å². The van der Waals surface area contributed by atoms with Gasteiger partial charge in [0.1, 0.15) is 18.4 Å². The Morgan fingerprint density at radius 2 is 2.24 bits per heavy atom. The van der Waals surface area contributed by atoms with Crippen LogP contribution in [-0.4, -0.2) is 38.2 Å². The number of rotatable bonds is 8. The maximum Gasteiger partial charge on any atom is 0.311 e. The summed E-state index contributed by atoms with van der Waals surface area (Å²) >= 11 is 1.18. The third-order valence-electron chi connectivity index (χ3n) is 3.22. The second-order valence-electron chi connectivity index (χ2n) is 4.97. The van der Waals surface area contributed by atoms with Crippen molar-refractivity contribution in [3.8, 4) is 0 Å². The Bertz CT molecular complexity index is 771. The molecule has 0 aliphatic heterocycles. The molecule has 0 aliphatic carbocycles. The highest BCUT2D eigenvalue weighted by Gasteiger charge is 2.23. The average Bonchev–Trinajstić information content (AvgIpc) is 3.18. The molecule has 1 unspecified atom stereocenters. The quantitative estimate of drug-likeness (QED) is 0.429. The van der Waals surface area contributed by atoms with Gasteiger partial charge >= 0.3 is 11.7 Å². The lowest BCUT2D eigenvalue weighted by Crippen LogP contribution is -2.25. The van der Waals surface area contributed by atoms with Crippen LogP contribution in [0.15, 0.2) is 17.8 Å². The molecule has 0 fully saturated rings. The van der Waals surface area contributed by atoms with Crippen LogP contribution in [0.3, 0.4) is 0 Å². The number of amides is 1. The number of nitrogens with one attached hydrogen (secondary N) is 1. The number of carbonyl (C=O) groups is 2. The molecule has 0 radical (unpaired) electrons. The number of esters is 1. The van der Waals surface area contributed by atoms with Crippen LogP contribution in [0.2, 0.25) is 0 Å². The van der Waals surface area contributed by atoms with Gasteiger partial charge in [0, 0.05) is 5.38 Å². The van der Waals surface area contributed by atoms with Gasteiger partial charge in [0.15, 0.2) is 5.13 Å². The predicted octanol–water partition coefficient (Wildman–Crippen LogP) is 1.94. The second kappa shape index (κ2) is 8.33. The molecule has 0 aromatic carbocycles. The highest BCUT2D eigenvalue weighted by atomic mass is 32.1. The fraction of sp³-hybridized carbons (Fsp3) is 0.429. The van der Waals surface area contributed by atoms with Crippen LogP contribution in [0.1, 0.15) is 32.0 Å². The Balaban J connectivity index is 2.03. The van der Waals surface area contributed by atoms with Gasteiger partial charge in [-0.25, -0.2) is 4.98 Å². The van der Waals surface area contributed by atoms with E-state index in [0.29, 0.717) is 23.9 Å². The van der Waals surface area contributed by atoms with E-state index in [9.17, 15) is 19.7 Å². The smallest absolute Gasteiger partial charge is 0.311 e. The summed E-state index contributed by atoms with van der Waals surface area (Å²) in [4.78, 5) is 38.1. The van der Waals surface area contributed by atoms with Crippen LogP contribution in [0, 0.1) is 10.1 Å². The molecule has 0 saturated carbocycles. The molecule has 11 heteroatoms. The lowest BCUT2D eigenvalue weighted by molar-refractivity contribution is -0.385. The molecule has 0 aliphatic rings. The molecule has 2 aromatic rings. The molecular formula is C14H17N5O5S. The van der Waals surface area contributed by atoms with E-state index in [1.807, 2.05) is 0 Å². The number of nitrogens with zero attached hydrogens (tertiary/aromatic N) is 4. The van der Waals surface area contributed by atoms with E-state index < -0.39 is 16.9 Å². The van der Waals surface area contributed by atoms with Gasteiger partial charge in [-0.3, -0.25) is 24.4 Å². The van der Waals surface area contributed by atoms with Crippen molar-refractivity contribution >= 4 is 34.0 Å². The number of anilines is 1. The zero-order chi connectivity index (χ0) is 18.4. The zero-order valence-electron chi connectivity index (χ0n) is 13.7. The number of nitro groups is 1. The SMILES string of the molecule is CCOC(=O)Cc1csc(NC(=O)C(CC)n2cc([N+](=O)[O-])cn2)n1. The molecule has 10 nitrogen and oxygen atoms in total. The number of carbonyl (C=O) groups excluding carboxylic acids is 2. The normalized spacial score (nSPS) is 11.8. The lowest BCUT2D eigenvalue weighted by atomic mass is 10.2. The molecule has 1 N–H and O–H groups in total. The van der Waals surface area contributed by atoms with Gasteiger partial charge in [0.25, 0.3) is 5.91 Å². The second-order valence-corrected chi connectivity index (χ2v) is 5.83. The molecule has 1 atom stereocenters. The van der Waals surface area contributed by atoms with Crippen molar-refractivity contribution in [1.29, 1.82) is 0 Å². The Kier molecular flexibility index (Phi) is 6.17. The minimum atomic E-state index is -0.703. The van der Waals surface area contributed by atoms with Crippen molar-refractivity contribution in [2.45, 2.75) is 32.7 Å². The summed E-state index contributed by atoms with van der Waals surface area (Å²) in [6, 6.07) is -0.703. The van der Waals surface area contributed by atoms with E-state index in [1.165, 1.54) is 22.2 Å². The van der Waals surface area contributed by atoms with Crippen molar-refractivity contribution in [1.82, 2.24) is 14.8 Å². The van der Waals surface area contributed by atoms with Gasteiger partial charge in [-0.05, 0) is 13.3 Å². The monoisotopic (exact) mass is 367 g/mol. The average molecular weight is 367 g/mol. The van der Waals surface area contributed by atoms with E-state index in [1.54, 1.807) is 19.2 Å². The number of hydrogen-bond donors (Lipinski definition) is 1. The summed E-state index contributed by atoms with van der Waals surface area (Å²) in [6.07, 6.45) is 2.73. The third kappa shape index (κ3) is 4.83. The van der Waals surface area contributed by atoms with Crippen molar-refractivity contribution in [3.63, 3.8) is 0 Å². The van der Waals surface area contributed by atoms with Crippen LogP contribution in [0.4, 0.5) is 10.8 Å². The maximum absolute atomic E-state index is 12.4. The van der Waals surface area contributed by atoms with Crippen LogP contribution >= 0.6 is 11.3 Å². The first-order chi connectivity index (χ1) is 11.9. The largest absolute Gasteiger partial charge is 0.466 e. The lowest BCUT2D eigenvalue weighted by Gasteiger charge is -2.13. The molecule has 2 aromatic heterocycles. The van der Waals surface area contributed by atoms with Crippen LogP contribution in [-0.2, 0) is 20.7 Å². The fourth-order valence-electron chi connectivity index (χ4n) is 2.08. The maximum atomic E-state index is 12.4. The molecule has 25 heavy (non-hydrogen) atoms. The highest BCUT2D eigenvalue weighted by molar-refractivity contribution is 7.13. The van der Waals surface area contributed by atoms with E-state index in [-0.39, 0.29) is 18.1 Å². The van der Waals surface area contributed by atoms with Crippen molar-refractivity contribution in [2.75, 3.05) is 11.9 Å². The van der Waals surface area contributed by atoms with E-state index >= 15 is 0 Å². The molecule has 1 amide bonds. The van der Waals surface area contributed by atoms with Gasteiger partial charge in [0.2, 0.25) is 0 Å². The molecule has 0 bridgehead atoms. The van der Waals surface area contributed by atoms with Gasteiger partial charge in [-0.2, -0.15) is 5.10 Å².